The Morgan fingerprint density at radius 3 is 2.69 bits per heavy atom. The molecule has 1 aromatic rings. The molecule has 0 spiro atoms. The highest BCUT2D eigenvalue weighted by atomic mass is 16.5. The monoisotopic (exact) mass is 223 g/mol. The Labute approximate surface area is 95.2 Å². The second-order valence-corrected chi connectivity index (χ2v) is 3.46. The molecule has 0 aliphatic heterocycles. The van der Waals surface area contributed by atoms with E-state index in [4.69, 9.17) is 4.74 Å². The molecule has 0 bridgehead atoms. The van der Waals surface area contributed by atoms with Gasteiger partial charge in [-0.05, 0) is 5.56 Å². The van der Waals surface area contributed by atoms with Gasteiger partial charge in [0.2, 0.25) is 5.91 Å². The molecule has 0 aliphatic rings. The normalized spacial score (nSPS) is 12.1. The van der Waals surface area contributed by atoms with Gasteiger partial charge in [0.15, 0.2) is 0 Å². The van der Waals surface area contributed by atoms with Crippen LogP contribution in [0.3, 0.4) is 0 Å². The fourth-order valence-corrected chi connectivity index (χ4v) is 1.38. The summed E-state index contributed by atoms with van der Waals surface area (Å²) in [5, 5.41) is 12.0. The summed E-state index contributed by atoms with van der Waals surface area (Å²) in [6, 6.07) is 9.05. The lowest BCUT2D eigenvalue weighted by atomic mass is 10.1. The van der Waals surface area contributed by atoms with Crippen LogP contribution in [-0.2, 0) is 9.53 Å². The molecule has 0 heterocycles. The van der Waals surface area contributed by atoms with Gasteiger partial charge < -0.3 is 15.2 Å². The van der Waals surface area contributed by atoms with Gasteiger partial charge in [0.05, 0.1) is 19.3 Å². The zero-order chi connectivity index (χ0) is 11.8. The molecule has 2 N–H and O–H groups in total. The van der Waals surface area contributed by atoms with Crippen molar-refractivity contribution in [2.24, 2.45) is 0 Å². The van der Waals surface area contributed by atoms with Crippen LogP contribution in [0.4, 0.5) is 0 Å². The van der Waals surface area contributed by atoms with Crippen molar-refractivity contribution in [2.45, 2.75) is 12.5 Å². The number of carbonyl (C=O) groups is 1. The summed E-state index contributed by atoms with van der Waals surface area (Å²) < 4.78 is 4.81. The Kier molecular flexibility index (Phi) is 5.53. The highest BCUT2D eigenvalue weighted by Crippen LogP contribution is 2.11. The van der Waals surface area contributed by atoms with Gasteiger partial charge in [0, 0.05) is 13.5 Å². The highest BCUT2D eigenvalue weighted by molar-refractivity contribution is 5.76. The number of amides is 1. The molecule has 0 saturated carbocycles. The van der Waals surface area contributed by atoms with Crippen molar-refractivity contribution < 1.29 is 14.6 Å². The first-order chi connectivity index (χ1) is 7.77. The number of ether oxygens (including phenoxy) is 1. The Morgan fingerprint density at radius 2 is 2.12 bits per heavy atom. The third-order valence-corrected chi connectivity index (χ3v) is 2.25. The molecule has 0 saturated heterocycles. The van der Waals surface area contributed by atoms with Crippen LogP contribution in [0.15, 0.2) is 30.3 Å². The van der Waals surface area contributed by atoms with E-state index in [-0.39, 0.29) is 18.6 Å². The van der Waals surface area contributed by atoms with E-state index in [1.54, 1.807) is 7.11 Å². The fraction of sp³-hybridized carbons (Fsp3) is 0.417. The van der Waals surface area contributed by atoms with Gasteiger partial charge in [-0.1, -0.05) is 30.3 Å². The lowest BCUT2D eigenvalue weighted by Gasteiger charge is -2.16. The number of aliphatic hydroxyl groups is 1. The van der Waals surface area contributed by atoms with Gasteiger partial charge in [-0.2, -0.15) is 0 Å². The molecule has 0 aliphatic carbocycles. The average Bonchev–Trinajstić information content (AvgIpc) is 2.34. The molecular formula is C12H17NO3. The molecule has 1 aromatic carbocycles. The van der Waals surface area contributed by atoms with E-state index in [9.17, 15) is 9.90 Å². The Morgan fingerprint density at radius 1 is 1.44 bits per heavy atom. The van der Waals surface area contributed by atoms with E-state index in [0.717, 1.165) is 5.56 Å². The smallest absolute Gasteiger partial charge is 0.222 e. The van der Waals surface area contributed by atoms with Crippen LogP contribution < -0.4 is 5.32 Å². The van der Waals surface area contributed by atoms with E-state index in [1.165, 1.54) is 0 Å². The van der Waals surface area contributed by atoms with E-state index in [0.29, 0.717) is 13.0 Å². The summed E-state index contributed by atoms with van der Waals surface area (Å²) in [4.78, 5) is 11.4. The Balaban J connectivity index is 2.52. The lowest BCUT2D eigenvalue weighted by molar-refractivity contribution is -0.123. The number of carbonyl (C=O) groups excluding carboxylic acids is 1. The molecule has 4 heteroatoms. The standard InChI is InChI=1S/C12H17NO3/c1-16-8-7-12(15)13-11(9-14)10-5-3-2-4-6-10/h2-6,11,14H,7-9H2,1H3,(H,13,15). The first-order valence-corrected chi connectivity index (χ1v) is 5.22. The Bertz CT molecular complexity index is 313. The van der Waals surface area contributed by atoms with Gasteiger partial charge in [-0.15, -0.1) is 0 Å². The molecule has 16 heavy (non-hydrogen) atoms. The van der Waals surface area contributed by atoms with Gasteiger partial charge in [-0.25, -0.2) is 0 Å². The predicted octanol–water partition coefficient (Wildman–Crippen LogP) is 0.873. The molecule has 0 radical (unpaired) electrons. The third kappa shape index (κ3) is 4.00. The summed E-state index contributed by atoms with van der Waals surface area (Å²) in [6.07, 6.45) is 0.305. The van der Waals surface area contributed by atoms with Crippen molar-refractivity contribution in [3.05, 3.63) is 35.9 Å². The quantitative estimate of drug-likeness (QED) is 0.752. The van der Waals surface area contributed by atoms with Crippen LogP contribution >= 0.6 is 0 Å². The second-order valence-electron chi connectivity index (χ2n) is 3.46. The predicted molar refractivity (Wildman–Crippen MR) is 60.9 cm³/mol. The maximum absolute atomic E-state index is 11.4. The third-order valence-electron chi connectivity index (χ3n) is 2.25. The Hall–Kier alpha value is -1.39. The highest BCUT2D eigenvalue weighted by Gasteiger charge is 2.12. The molecular weight excluding hydrogens is 206 g/mol. The van der Waals surface area contributed by atoms with Gasteiger partial charge in [-0.3, -0.25) is 4.79 Å². The molecule has 0 aromatic heterocycles. The summed E-state index contributed by atoms with van der Waals surface area (Å²) in [6.45, 7) is 0.279. The number of hydrogen-bond acceptors (Lipinski definition) is 3. The number of hydrogen-bond donors (Lipinski definition) is 2. The van der Waals surface area contributed by atoms with Crippen molar-refractivity contribution in [1.29, 1.82) is 0 Å². The fourth-order valence-electron chi connectivity index (χ4n) is 1.38. The van der Waals surface area contributed by atoms with Crippen LogP contribution in [0, 0.1) is 0 Å². The molecule has 1 rings (SSSR count). The van der Waals surface area contributed by atoms with E-state index in [2.05, 4.69) is 5.32 Å². The molecule has 1 atom stereocenters. The second kappa shape index (κ2) is 6.98. The number of methoxy groups -OCH3 is 1. The van der Waals surface area contributed by atoms with Gasteiger partial charge in [0.25, 0.3) is 0 Å². The van der Waals surface area contributed by atoms with Gasteiger partial charge in [0.1, 0.15) is 0 Å². The minimum absolute atomic E-state index is 0.108. The first kappa shape index (κ1) is 12.7. The molecule has 88 valence electrons. The van der Waals surface area contributed by atoms with Crippen LogP contribution in [0.1, 0.15) is 18.0 Å². The van der Waals surface area contributed by atoms with Crippen molar-refractivity contribution in [3.63, 3.8) is 0 Å². The first-order valence-electron chi connectivity index (χ1n) is 5.22. The topological polar surface area (TPSA) is 58.6 Å². The summed E-state index contributed by atoms with van der Waals surface area (Å²) in [5.74, 6) is -0.121. The molecule has 0 fully saturated rings. The average molecular weight is 223 g/mol. The van der Waals surface area contributed by atoms with Crippen LogP contribution in [0.5, 0.6) is 0 Å². The molecule has 1 unspecified atom stereocenters. The molecule has 1 amide bonds. The largest absolute Gasteiger partial charge is 0.394 e. The van der Waals surface area contributed by atoms with Crippen LogP contribution in [-0.4, -0.2) is 31.3 Å². The zero-order valence-corrected chi connectivity index (χ0v) is 9.35. The number of nitrogens with one attached hydrogen (secondary N) is 1. The number of rotatable bonds is 6. The van der Waals surface area contributed by atoms with Crippen molar-refractivity contribution >= 4 is 5.91 Å². The van der Waals surface area contributed by atoms with E-state index < -0.39 is 0 Å². The van der Waals surface area contributed by atoms with E-state index >= 15 is 0 Å². The van der Waals surface area contributed by atoms with Crippen molar-refractivity contribution in [2.75, 3.05) is 20.3 Å². The van der Waals surface area contributed by atoms with E-state index in [1.807, 2.05) is 30.3 Å². The SMILES string of the molecule is COCCC(=O)NC(CO)c1ccccc1. The maximum Gasteiger partial charge on any atom is 0.222 e. The lowest BCUT2D eigenvalue weighted by Crippen LogP contribution is -2.31. The minimum Gasteiger partial charge on any atom is -0.394 e. The maximum atomic E-state index is 11.4. The number of aliphatic hydroxyl groups excluding tert-OH is 1. The van der Waals surface area contributed by atoms with Crippen LogP contribution in [0.2, 0.25) is 0 Å². The zero-order valence-electron chi connectivity index (χ0n) is 9.35. The molecule has 4 nitrogen and oxygen atoms in total. The summed E-state index contributed by atoms with van der Waals surface area (Å²) >= 11 is 0. The van der Waals surface area contributed by atoms with Crippen molar-refractivity contribution in [1.82, 2.24) is 5.32 Å². The van der Waals surface area contributed by atoms with Crippen molar-refractivity contribution in [3.8, 4) is 0 Å². The summed E-state index contributed by atoms with van der Waals surface area (Å²) in [7, 11) is 1.55. The van der Waals surface area contributed by atoms with Crippen LogP contribution in [0.25, 0.3) is 0 Å². The van der Waals surface area contributed by atoms with Gasteiger partial charge >= 0.3 is 0 Å². The summed E-state index contributed by atoms with van der Waals surface area (Å²) in [5.41, 5.74) is 0.899. The number of benzene rings is 1. The minimum atomic E-state index is -0.342.